The van der Waals surface area contributed by atoms with Gasteiger partial charge >= 0.3 is 0 Å². The van der Waals surface area contributed by atoms with E-state index in [4.69, 9.17) is 4.74 Å². The van der Waals surface area contributed by atoms with Crippen LogP contribution in [0, 0.1) is 0 Å². The zero-order valence-electron chi connectivity index (χ0n) is 10.9. The second-order valence-electron chi connectivity index (χ2n) is 3.35. The molecule has 0 heterocycles. The molecule has 1 aromatic carbocycles. The lowest BCUT2D eigenvalue weighted by Crippen LogP contribution is -2.02. The van der Waals surface area contributed by atoms with Crippen molar-refractivity contribution in [2.75, 3.05) is 7.11 Å². The highest BCUT2D eigenvalue weighted by atomic mass is 16.5. The third-order valence-corrected chi connectivity index (χ3v) is 2.12. The lowest BCUT2D eigenvalue weighted by molar-refractivity contribution is -0.116. The van der Waals surface area contributed by atoms with Gasteiger partial charge in [-0.15, -0.1) is 0 Å². The minimum Gasteiger partial charge on any atom is -0.497 e. The molecule has 1 aromatic rings. The molecule has 0 aromatic heterocycles. The first-order valence-corrected chi connectivity index (χ1v) is 5.80. The van der Waals surface area contributed by atoms with Gasteiger partial charge in [0, 0.05) is 18.4 Å². The van der Waals surface area contributed by atoms with Gasteiger partial charge in [0.15, 0.2) is 5.78 Å². The highest BCUT2D eigenvalue weighted by Crippen LogP contribution is 2.13. The third-order valence-electron chi connectivity index (χ3n) is 2.12. The van der Waals surface area contributed by atoms with E-state index in [1.165, 1.54) is 6.92 Å². The molecule has 0 atom stereocenters. The van der Waals surface area contributed by atoms with E-state index in [1.807, 2.05) is 13.8 Å². The molecule has 1 rings (SSSR count). The number of ketones is 2. The van der Waals surface area contributed by atoms with Crippen molar-refractivity contribution in [3.8, 4) is 5.75 Å². The molecule has 0 radical (unpaired) electrons. The number of ether oxygens (including phenoxy) is 1. The van der Waals surface area contributed by atoms with Gasteiger partial charge in [0.05, 0.1) is 7.11 Å². The standard InChI is InChI=1S/C12H14O3.C2H6/c1-9(13)3-8-12(14)10-4-6-11(15-2)7-5-10;1-2/h4-7H,3,8H2,1-2H3;1-2H3. The van der Waals surface area contributed by atoms with Crippen LogP contribution in [0.5, 0.6) is 5.75 Å². The van der Waals surface area contributed by atoms with Gasteiger partial charge in [-0.1, -0.05) is 13.8 Å². The highest BCUT2D eigenvalue weighted by Gasteiger charge is 2.06. The van der Waals surface area contributed by atoms with Crippen LogP contribution >= 0.6 is 0 Å². The fraction of sp³-hybridized carbons (Fsp3) is 0.429. The molecule has 0 fully saturated rings. The second-order valence-corrected chi connectivity index (χ2v) is 3.35. The first kappa shape index (κ1) is 15.4. The molecule has 3 heteroatoms. The molecule has 0 N–H and O–H groups in total. The van der Waals surface area contributed by atoms with Crippen molar-refractivity contribution in [3.63, 3.8) is 0 Å². The number of rotatable bonds is 5. The summed E-state index contributed by atoms with van der Waals surface area (Å²) in [5.74, 6) is 0.753. The molecule has 94 valence electrons. The average molecular weight is 236 g/mol. The topological polar surface area (TPSA) is 43.4 Å². The monoisotopic (exact) mass is 236 g/mol. The van der Waals surface area contributed by atoms with Crippen molar-refractivity contribution in [1.82, 2.24) is 0 Å². The second kappa shape index (κ2) is 8.50. The summed E-state index contributed by atoms with van der Waals surface area (Å²) in [6.45, 7) is 5.49. The number of carbonyl (C=O) groups is 2. The molecule has 0 saturated carbocycles. The molecule has 0 spiro atoms. The fourth-order valence-corrected chi connectivity index (χ4v) is 1.21. The maximum atomic E-state index is 11.6. The Bertz CT molecular complexity index is 352. The molecule has 0 bridgehead atoms. The van der Waals surface area contributed by atoms with Crippen LogP contribution in [0.25, 0.3) is 0 Å². The van der Waals surface area contributed by atoms with E-state index in [0.29, 0.717) is 12.0 Å². The van der Waals surface area contributed by atoms with Gasteiger partial charge in [-0.05, 0) is 31.2 Å². The lowest BCUT2D eigenvalue weighted by atomic mass is 10.1. The molecule has 0 aliphatic carbocycles. The van der Waals surface area contributed by atoms with Crippen LogP contribution in [-0.2, 0) is 4.79 Å². The maximum Gasteiger partial charge on any atom is 0.163 e. The van der Waals surface area contributed by atoms with Gasteiger partial charge in [-0.3, -0.25) is 4.79 Å². The Kier molecular flexibility index (Phi) is 7.68. The average Bonchev–Trinajstić information content (AvgIpc) is 2.38. The number of Topliss-reactive ketones (excluding diaryl/α,β-unsaturated/α-hetero) is 2. The molecule has 17 heavy (non-hydrogen) atoms. The van der Waals surface area contributed by atoms with Crippen molar-refractivity contribution < 1.29 is 14.3 Å². The molecule has 3 nitrogen and oxygen atoms in total. The van der Waals surface area contributed by atoms with Crippen LogP contribution in [0.2, 0.25) is 0 Å². The third kappa shape index (κ3) is 5.85. The Balaban J connectivity index is 0.00000121. The minimum atomic E-state index is -0.00662. The molecule has 0 aliphatic heterocycles. The summed E-state index contributed by atoms with van der Waals surface area (Å²) in [6, 6.07) is 6.89. The minimum absolute atomic E-state index is 0.00662. The van der Waals surface area contributed by atoms with Gasteiger partial charge in [0.2, 0.25) is 0 Å². The smallest absolute Gasteiger partial charge is 0.163 e. The van der Waals surface area contributed by atoms with E-state index in [0.717, 1.165) is 5.75 Å². The van der Waals surface area contributed by atoms with E-state index in [1.54, 1.807) is 31.4 Å². The first-order chi connectivity index (χ1) is 8.13. The van der Waals surface area contributed by atoms with Gasteiger partial charge in [-0.25, -0.2) is 0 Å². The summed E-state index contributed by atoms with van der Waals surface area (Å²) >= 11 is 0. The summed E-state index contributed by atoms with van der Waals surface area (Å²) in [7, 11) is 1.58. The number of benzene rings is 1. The number of carbonyl (C=O) groups excluding carboxylic acids is 2. The van der Waals surface area contributed by atoms with E-state index in [9.17, 15) is 9.59 Å². The molecule has 0 saturated heterocycles. The van der Waals surface area contributed by atoms with Crippen molar-refractivity contribution >= 4 is 11.6 Å². The Morgan fingerprint density at radius 1 is 1.06 bits per heavy atom. The molecule has 0 unspecified atom stereocenters. The van der Waals surface area contributed by atoms with E-state index in [-0.39, 0.29) is 18.0 Å². The van der Waals surface area contributed by atoms with Crippen LogP contribution in [-0.4, -0.2) is 18.7 Å². The largest absolute Gasteiger partial charge is 0.497 e. The van der Waals surface area contributed by atoms with Crippen LogP contribution in [0.15, 0.2) is 24.3 Å². The number of methoxy groups -OCH3 is 1. The van der Waals surface area contributed by atoms with Crippen LogP contribution < -0.4 is 4.74 Å². The van der Waals surface area contributed by atoms with Crippen molar-refractivity contribution in [1.29, 1.82) is 0 Å². The summed E-state index contributed by atoms with van der Waals surface area (Å²) in [6.07, 6.45) is 0.590. The van der Waals surface area contributed by atoms with Crippen molar-refractivity contribution in [2.24, 2.45) is 0 Å². The lowest BCUT2D eigenvalue weighted by Gasteiger charge is -2.01. The Morgan fingerprint density at radius 2 is 1.59 bits per heavy atom. The number of hydrogen-bond donors (Lipinski definition) is 0. The summed E-state index contributed by atoms with van der Waals surface area (Å²) < 4.78 is 4.98. The van der Waals surface area contributed by atoms with E-state index >= 15 is 0 Å². The molecule has 0 amide bonds. The summed E-state index contributed by atoms with van der Waals surface area (Å²) in [5.41, 5.74) is 0.622. The zero-order chi connectivity index (χ0) is 13.3. The van der Waals surface area contributed by atoms with Crippen molar-refractivity contribution in [3.05, 3.63) is 29.8 Å². The van der Waals surface area contributed by atoms with E-state index < -0.39 is 0 Å². The molecular formula is C14H20O3. The molecular weight excluding hydrogens is 216 g/mol. The van der Waals surface area contributed by atoms with Crippen LogP contribution in [0.1, 0.15) is 44.0 Å². The van der Waals surface area contributed by atoms with Gasteiger partial charge in [-0.2, -0.15) is 0 Å². The summed E-state index contributed by atoms with van der Waals surface area (Å²) in [5, 5.41) is 0. The highest BCUT2D eigenvalue weighted by molar-refractivity contribution is 5.98. The Labute approximate surface area is 103 Å². The van der Waals surface area contributed by atoms with Crippen LogP contribution in [0.4, 0.5) is 0 Å². The van der Waals surface area contributed by atoms with Gasteiger partial charge in [0.1, 0.15) is 11.5 Å². The molecule has 0 aliphatic rings. The van der Waals surface area contributed by atoms with Crippen LogP contribution in [0.3, 0.4) is 0 Å². The Morgan fingerprint density at radius 3 is 2.00 bits per heavy atom. The SMILES string of the molecule is CC.COc1ccc(C(=O)CCC(C)=O)cc1. The van der Waals surface area contributed by atoms with Gasteiger partial charge in [0.25, 0.3) is 0 Å². The summed E-state index contributed by atoms with van der Waals surface area (Å²) in [4.78, 5) is 22.3. The van der Waals surface area contributed by atoms with Crippen molar-refractivity contribution in [2.45, 2.75) is 33.6 Å². The Hall–Kier alpha value is -1.64. The zero-order valence-corrected chi connectivity index (χ0v) is 10.9. The quantitative estimate of drug-likeness (QED) is 0.737. The fourth-order valence-electron chi connectivity index (χ4n) is 1.21. The van der Waals surface area contributed by atoms with E-state index in [2.05, 4.69) is 0 Å². The van der Waals surface area contributed by atoms with Gasteiger partial charge < -0.3 is 9.53 Å². The first-order valence-electron chi connectivity index (χ1n) is 5.80. The predicted molar refractivity (Wildman–Crippen MR) is 68.6 cm³/mol. The normalized spacial score (nSPS) is 8.94. The number of hydrogen-bond acceptors (Lipinski definition) is 3. The maximum absolute atomic E-state index is 11.6. The predicted octanol–water partition coefficient (Wildman–Crippen LogP) is 3.27.